The fourth-order valence-electron chi connectivity index (χ4n) is 1.70. The van der Waals surface area contributed by atoms with Gasteiger partial charge in [-0.2, -0.15) is 0 Å². The molecule has 21 heavy (non-hydrogen) atoms. The van der Waals surface area contributed by atoms with E-state index in [0.717, 1.165) is 16.7 Å². The van der Waals surface area contributed by atoms with E-state index < -0.39 is 18.4 Å². The van der Waals surface area contributed by atoms with Crippen molar-refractivity contribution in [2.24, 2.45) is 0 Å². The standard InChI is InChI=1S/C13H11NO5S2/c1-19-9-4-7(2-3-8(9)15)5-10-12(18)14(6-11(16)17)13(20)21-10/h2-5,15H,6H2,1H3,(H,16,17)/p-1/b10-5+. The number of aromatic hydroxyl groups is 1. The minimum absolute atomic E-state index is 0.0147. The number of carboxylic acids is 1. The van der Waals surface area contributed by atoms with E-state index in [1.165, 1.54) is 13.2 Å². The Labute approximate surface area is 130 Å². The van der Waals surface area contributed by atoms with Crippen LogP contribution in [0.1, 0.15) is 5.56 Å². The molecule has 0 aliphatic carbocycles. The number of ether oxygens (including phenoxy) is 1. The summed E-state index contributed by atoms with van der Waals surface area (Å²) in [6, 6.07) is 4.59. The van der Waals surface area contributed by atoms with Crippen LogP contribution in [0, 0.1) is 0 Å². The van der Waals surface area contributed by atoms with E-state index in [0.29, 0.717) is 10.5 Å². The maximum atomic E-state index is 12.1. The second kappa shape index (κ2) is 6.15. The first-order valence-corrected chi connectivity index (χ1v) is 6.97. The van der Waals surface area contributed by atoms with Gasteiger partial charge in [0.15, 0.2) is 11.5 Å². The number of thioether (sulfide) groups is 1. The molecule has 0 radical (unpaired) electrons. The quantitative estimate of drug-likeness (QED) is 0.631. The van der Waals surface area contributed by atoms with Gasteiger partial charge in [-0.3, -0.25) is 9.69 Å². The highest BCUT2D eigenvalue weighted by Gasteiger charge is 2.31. The van der Waals surface area contributed by atoms with E-state index in [2.05, 4.69) is 0 Å². The molecule has 1 N–H and O–H groups in total. The van der Waals surface area contributed by atoms with Gasteiger partial charge in [0.25, 0.3) is 5.91 Å². The topological polar surface area (TPSA) is 89.9 Å². The Bertz CT molecular complexity index is 656. The van der Waals surface area contributed by atoms with Crippen LogP contribution in [0.2, 0.25) is 0 Å². The number of benzene rings is 1. The normalized spacial score (nSPS) is 16.6. The number of hydrogen-bond acceptors (Lipinski definition) is 7. The number of carboxylic acid groups (broad SMARTS) is 1. The summed E-state index contributed by atoms with van der Waals surface area (Å²) in [5.41, 5.74) is 0.624. The Morgan fingerprint density at radius 1 is 1.57 bits per heavy atom. The van der Waals surface area contributed by atoms with Crippen molar-refractivity contribution in [3.05, 3.63) is 28.7 Å². The van der Waals surface area contributed by atoms with Crippen LogP contribution >= 0.6 is 24.0 Å². The van der Waals surface area contributed by atoms with E-state index in [9.17, 15) is 19.8 Å². The highest BCUT2D eigenvalue weighted by atomic mass is 32.2. The van der Waals surface area contributed by atoms with Crippen LogP contribution in [0.25, 0.3) is 6.08 Å². The minimum atomic E-state index is -1.38. The van der Waals surface area contributed by atoms with Crippen molar-refractivity contribution in [1.29, 1.82) is 0 Å². The molecule has 1 aliphatic rings. The third-order valence-electron chi connectivity index (χ3n) is 2.66. The molecule has 8 heteroatoms. The molecule has 1 saturated heterocycles. The first kappa shape index (κ1) is 15.3. The van der Waals surface area contributed by atoms with Gasteiger partial charge in [-0.15, -0.1) is 0 Å². The Morgan fingerprint density at radius 2 is 2.29 bits per heavy atom. The number of carbonyl (C=O) groups is 2. The number of rotatable bonds is 4. The first-order chi connectivity index (χ1) is 9.92. The van der Waals surface area contributed by atoms with Crippen molar-refractivity contribution in [2.75, 3.05) is 13.7 Å². The van der Waals surface area contributed by atoms with Crippen LogP contribution in [0.3, 0.4) is 0 Å². The van der Waals surface area contributed by atoms with Crippen LogP contribution in [-0.2, 0) is 9.59 Å². The fourth-order valence-corrected chi connectivity index (χ4v) is 2.96. The van der Waals surface area contributed by atoms with E-state index in [1.54, 1.807) is 18.2 Å². The predicted molar refractivity (Wildman–Crippen MR) is 79.5 cm³/mol. The van der Waals surface area contributed by atoms with Gasteiger partial charge in [0, 0.05) is 0 Å². The molecular formula is C13H10NO5S2-. The number of aliphatic carboxylic acids is 1. The largest absolute Gasteiger partial charge is 0.548 e. The molecule has 0 unspecified atom stereocenters. The van der Waals surface area contributed by atoms with Crippen molar-refractivity contribution in [3.63, 3.8) is 0 Å². The zero-order chi connectivity index (χ0) is 15.6. The molecule has 110 valence electrons. The van der Waals surface area contributed by atoms with Gasteiger partial charge in [0.2, 0.25) is 0 Å². The van der Waals surface area contributed by atoms with Crippen molar-refractivity contribution < 1.29 is 24.5 Å². The summed E-state index contributed by atoms with van der Waals surface area (Å²) in [5, 5.41) is 20.1. The molecule has 6 nitrogen and oxygen atoms in total. The zero-order valence-electron chi connectivity index (χ0n) is 10.9. The first-order valence-electron chi connectivity index (χ1n) is 5.74. The van der Waals surface area contributed by atoms with Crippen LogP contribution in [0.4, 0.5) is 0 Å². The molecule has 1 amide bonds. The molecule has 0 atom stereocenters. The number of phenols is 1. The third kappa shape index (κ3) is 3.34. The molecule has 0 saturated carbocycles. The molecule has 1 heterocycles. The lowest BCUT2D eigenvalue weighted by Crippen LogP contribution is -2.40. The molecule has 0 aromatic heterocycles. The Hall–Kier alpha value is -2.06. The summed E-state index contributed by atoms with van der Waals surface area (Å²) in [5.74, 6) is -1.60. The van der Waals surface area contributed by atoms with Crippen LogP contribution in [0.5, 0.6) is 11.5 Å². The maximum Gasteiger partial charge on any atom is 0.266 e. The highest BCUT2D eigenvalue weighted by Crippen LogP contribution is 2.34. The van der Waals surface area contributed by atoms with Crippen molar-refractivity contribution in [1.82, 2.24) is 4.90 Å². The van der Waals surface area contributed by atoms with Gasteiger partial charge in [-0.05, 0) is 23.8 Å². The van der Waals surface area contributed by atoms with Crippen molar-refractivity contribution in [3.8, 4) is 11.5 Å². The number of methoxy groups -OCH3 is 1. The van der Waals surface area contributed by atoms with Gasteiger partial charge in [0.1, 0.15) is 4.32 Å². The average molecular weight is 324 g/mol. The lowest BCUT2D eigenvalue weighted by molar-refractivity contribution is -0.305. The van der Waals surface area contributed by atoms with E-state index in [4.69, 9.17) is 17.0 Å². The molecule has 2 rings (SSSR count). The summed E-state index contributed by atoms with van der Waals surface area (Å²) in [4.78, 5) is 23.9. The second-order valence-electron chi connectivity index (χ2n) is 4.07. The molecule has 1 aromatic carbocycles. The summed E-state index contributed by atoms with van der Waals surface area (Å²) >= 11 is 5.98. The molecule has 0 bridgehead atoms. The summed E-state index contributed by atoms with van der Waals surface area (Å²) in [7, 11) is 1.41. The smallest absolute Gasteiger partial charge is 0.266 e. The van der Waals surface area contributed by atoms with Crippen LogP contribution in [-0.4, -0.2) is 39.9 Å². The number of carbonyl (C=O) groups excluding carboxylic acids is 2. The van der Waals surface area contributed by atoms with Crippen molar-refractivity contribution in [2.45, 2.75) is 0 Å². The van der Waals surface area contributed by atoms with Gasteiger partial charge >= 0.3 is 0 Å². The lowest BCUT2D eigenvalue weighted by Gasteiger charge is -2.14. The highest BCUT2D eigenvalue weighted by molar-refractivity contribution is 8.26. The van der Waals surface area contributed by atoms with Gasteiger partial charge in [-0.25, -0.2) is 0 Å². The number of thiocarbonyl (C=S) groups is 1. The molecular weight excluding hydrogens is 314 g/mol. The molecule has 0 spiro atoms. The number of hydrogen-bond donors (Lipinski definition) is 1. The van der Waals surface area contributed by atoms with Gasteiger partial charge in [0.05, 0.1) is 24.5 Å². The Morgan fingerprint density at radius 3 is 2.90 bits per heavy atom. The monoisotopic (exact) mass is 324 g/mol. The van der Waals surface area contributed by atoms with E-state index in [-0.39, 0.29) is 15.8 Å². The van der Waals surface area contributed by atoms with Crippen molar-refractivity contribution >= 4 is 46.3 Å². The molecule has 1 fully saturated rings. The zero-order valence-corrected chi connectivity index (χ0v) is 12.5. The maximum absolute atomic E-state index is 12.1. The number of amides is 1. The van der Waals surface area contributed by atoms with Crippen LogP contribution < -0.4 is 9.84 Å². The predicted octanol–water partition coefficient (Wildman–Crippen LogP) is 0.352. The molecule has 1 aliphatic heterocycles. The SMILES string of the molecule is COc1cc(/C=C2/SC(=S)N(CC(=O)[O-])C2=O)ccc1O. The number of phenolic OH excluding ortho intramolecular Hbond substituents is 1. The summed E-state index contributed by atoms with van der Waals surface area (Å²) < 4.78 is 5.15. The average Bonchev–Trinajstić information content (AvgIpc) is 2.68. The van der Waals surface area contributed by atoms with E-state index >= 15 is 0 Å². The fraction of sp³-hybridized carbons (Fsp3) is 0.154. The second-order valence-corrected chi connectivity index (χ2v) is 5.75. The minimum Gasteiger partial charge on any atom is -0.548 e. The summed E-state index contributed by atoms with van der Waals surface area (Å²) in [6.45, 7) is -0.569. The molecule has 1 aromatic rings. The van der Waals surface area contributed by atoms with Gasteiger partial charge < -0.3 is 19.7 Å². The lowest BCUT2D eigenvalue weighted by atomic mass is 10.2. The Balaban J connectivity index is 2.28. The Kier molecular flexibility index (Phi) is 4.49. The number of nitrogens with zero attached hydrogens (tertiary/aromatic N) is 1. The third-order valence-corrected chi connectivity index (χ3v) is 4.04. The summed E-state index contributed by atoms with van der Waals surface area (Å²) in [6.07, 6.45) is 1.55. The van der Waals surface area contributed by atoms with Crippen LogP contribution in [0.15, 0.2) is 23.1 Å². The van der Waals surface area contributed by atoms with E-state index in [1.807, 2.05) is 0 Å². The van der Waals surface area contributed by atoms with Gasteiger partial charge in [-0.1, -0.05) is 30.0 Å².